The van der Waals surface area contributed by atoms with Crippen LogP contribution in [0.25, 0.3) is 44.7 Å². The van der Waals surface area contributed by atoms with E-state index in [0.29, 0.717) is 12.1 Å². The van der Waals surface area contributed by atoms with Gasteiger partial charge in [-0.1, -0.05) is 18.2 Å². The van der Waals surface area contributed by atoms with Crippen LogP contribution < -0.4 is 5.32 Å². The fourth-order valence-corrected chi connectivity index (χ4v) is 5.31. The highest BCUT2D eigenvalue weighted by Crippen LogP contribution is 2.31. The number of hydrogen-bond acceptors (Lipinski definition) is 6. The van der Waals surface area contributed by atoms with E-state index in [9.17, 15) is 0 Å². The lowest BCUT2D eigenvalue weighted by Crippen LogP contribution is -2.53. The summed E-state index contributed by atoms with van der Waals surface area (Å²) in [5.74, 6) is 0. The number of aryl methyl sites for hydroxylation is 1. The Labute approximate surface area is 217 Å². The van der Waals surface area contributed by atoms with Crippen LogP contribution in [0.15, 0.2) is 73.3 Å². The summed E-state index contributed by atoms with van der Waals surface area (Å²) in [6.45, 7) is 9.44. The van der Waals surface area contributed by atoms with Crippen molar-refractivity contribution in [3.63, 3.8) is 0 Å². The zero-order chi connectivity index (χ0) is 25.4. The maximum absolute atomic E-state index is 4.78. The second-order valence-corrected chi connectivity index (χ2v) is 10.1. The molecule has 37 heavy (non-hydrogen) atoms. The highest BCUT2D eigenvalue weighted by Gasteiger charge is 2.21. The molecule has 1 aliphatic heterocycles. The van der Waals surface area contributed by atoms with E-state index in [1.807, 2.05) is 43.6 Å². The highest BCUT2D eigenvalue weighted by atomic mass is 15.2. The van der Waals surface area contributed by atoms with Crippen LogP contribution in [0.4, 0.5) is 0 Å². The summed E-state index contributed by atoms with van der Waals surface area (Å²) >= 11 is 0. The number of aromatic nitrogens is 5. The Morgan fingerprint density at radius 3 is 2.43 bits per heavy atom. The normalized spacial score (nSPS) is 18.4. The fraction of sp³-hybridized carbons (Fsp3) is 0.267. The summed E-state index contributed by atoms with van der Waals surface area (Å²) in [5, 5.41) is 4.65. The van der Waals surface area contributed by atoms with Gasteiger partial charge in [0.25, 0.3) is 0 Å². The molecule has 1 aliphatic rings. The minimum atomic E-state index is 0.502. The third-order valence-electron chi connectivity index (χ3n) is 6.92. The first-order valence-corrected chi connectivity index (χ1v) is 12.8. The number of piperazine rings is 1. The Morgan fingerprint density at radius 1 is 0.865 bits per heavy atom. The fourth-order valence-electron chi connectivity index (χ4n) is 5.31. The maximum Gasteiger partial charge on any atom is 0.0977 e. The van der Waals surface area contributed by atoms with Crippen LogP contribution in [0.1, 0.15) is 25.2 Å². The van der Waals surface area contributed by atoms with Crippen molar-refractivity contribution in [1.82, 2.24) is 35.1 Å². The third-order valence-corrected chi connectivity index (χ3v) is 6.92. The maximum atomic E-state index is 4.78. The summed E-state index contributed by atoms with van der Waals surface area (Å²) in [6.07, 6.45) is 5.61. The summed E-state index contributed by atoms with van der Waals surface area (Å²) < 4.78 is 0. The van der Waals surface area contributed by atoms with E-state index >= 15 is 0 Å². The molecule has 7 nitrogen and oxygen atoms in total. The Kier molecular flexibility index (Phi) is 6.24. The number of fused-ring (bicyclic) bond motifs is 1. The molecule has 1 aromatic carbocycles. The van der Waals surface area contributed by atoms with Gasteiger partial charge in [0.2, 0.25) is 0 Å². The van der Waals surface area contributed by atoms with Crippen LogP contribution in [-0.2, 0) is 6.54 Å². The van der Waals surface area contributed by atoms with Crippen LogP contribution in [0, 0.1) is 6.92 Å². The van der Waals surface area contributed by atoms with E-state index in [2.05, 4.69) is 69.3 Å². The van der Waals surface area contributed by atoms with Crippen LogP contribution in [-0.4, -0.2) is 55.0 Å². The molecule has 5 heterocycles. The molecule has 2 atom stereocenters. The molecule has 186 valence electrons. The monoisotopic (exact) mass is 489 g/mol. The average Bonchev–Trinajstić information content (AvgIpc) is 3.38. The van der Waals surface area contributed by atoms with Crippen molar-refractivity contribution in [2.24, 2.45) is 0 Å². The van der Waals surface area contributed by atoms with E-state index < -0.39 is 0 Å². The van der Waals surface area contributed by atoms with Gasteiger partial charge in [0, 0.05) is 71.9 Å². The lowest BCUT2D eigenvalue weighted by molar-refractivity contribution is 0.165. The third kappa shape index (κ3) is 5.01. The Bertz CT molecular complexity index is 1530. The topological polar surface area (TPSA) is 82.6 Å². The predicted octanol–water partition coefficient (Wildman–Crippen LogP) is 5.24. The van der Waals surface area contributed by atoms with Crippen molar-refractivity contribution >= 4 is 10.9 Å². The first kappa shape index (κ1) is 23.5. The summed E-state index contributed by atoms with van der Waals surface area (Å²) in [4.78, 5) is 24.5. The number of hydrogen-bond donors (Lipinski definition) is 2. The Morgan fingerprint density at radius 2 is 1.65 bits per heavy atom. The second kappa shape index (κ2) is 9.84. The number of rotatable bonds is 5. The molecule has 7 heteroatoms. The highest BCUT2D eigenvalue weighted by molar-refractivity contribution is 5.89. The summed E-state index contributed by atoms with van der Waals surface area (Å²) in [5.41, 5.74) is 8.84. The molecule has 0 radical (unpaired) electrons. The largest absolute Gasteiger partial charge is 0.343 e. The number of nitrogens with zero attached hydrogens (tertiary/aromatic N) is 5. The molecule has 0 saturated carbocycles. The molecule has 4 aromatic heterocycles. The van der Waals surface area contributed by atoms with E-state index in [4.69, 9.17) is 9.97 Å². The molecule has 0 aliphatic carbocycles. The van der Waals surface area contributed by atoms with Gasteiger partial charge in [-0.2, -0.15) is 0 Å². The molecule has 0 bridgehead atoms. The smallest absolute Gasteiger partial charge is 0.0977 e. The van der Waals surface area contributed by atoms with E-state index in [-0.39, 0.29) is 0 Å². The minimum Gasteiger partial charge on any atom is -0.343 e. The molecule has 5 aromatic rings. The van der Waals surface area contributed by atoms with Crippen molar-refractivity contribution in [3.8, 4) is 33.8 Å². The lowest BCUT2D eigenvalue weighted by Gasteiger charge is -2.35. The molecule has 2 unspecified atom stereocenters. The Hall–Kier alpha value is -3.94. The number of aromatic amines is 1. The number of imidazole rings is 1. The quantitative estimate of drug-likeness (QED) is 0.351. The molecular formula is C30H31N7. The van der Waals surface area contributed by atoms with Gasteiger partial charge in [0.1, 0.15) is 0 Å². The minimum absolute atomic E-state index is 0.502. The predicted molar refractivity (Wildman–Crippen MR) is 148 cm³/mol. The zero-order valence-electron chi connectivity index (χ0n) is 21.4. The molecule has 0 amide bonds. The molecule has 1 fully saturated rings. The number of pyridine rings is 3. The summed E-state index contributed by atoms with van der Waals surface area (Å²) in [7, 11) is 0. The van der Waals surface area contributed by atoms with Crippen molar-refractivity contribution in [1.29, 1.82) is 0 Å². The van der Waals surface area contributed by atoms with E-state index in [1.54, 1.807) is 6.33 Å². The number of benzene rings is 1. The lowest BCUT2D eigenvalue weighted by atomic mass is 10.0. The van der Waals surface area contributed by atoms with Gasteiger partial charge in [0.05, 0.1) is 34.6 Å². The molecule has 6 rings (SSSR count). The molecule has 0 spiro atoms. The van der Waals surface area contributed by atoms with Crippen LogP contribution >= 0.6 is 0 Å². The van der Waals surface area contributed by atoms with Crippen LogP contribution in [0.2, 0.25) is 0 Å². The first-order valence-electron chi connectivity index (χ1n) is 12.8. The Balaban J connectivity index is 1.26. The zero-order valence-corrected chi connectivity index (χ0v) is 21.4. The second-order valence-electron chi connectivity index (χ2n) is 10.1. The number of H-pyrrole nitrogens is 1. The van der Waals surface area contributed by atoms with Gasteiger partial charge >= 0.3 is 0 Å². The molecular weight excluding hydrogens is 458 g/mol. The average molecular weight is 490 g/mol. The van der Waals surface area contributed by atoms with Gasteiger partial charge in [-0.3, -0.25) is 19.9 Å². The van der Waals surface area contributed by atoms with Gasteiger partial charge < -0.3 is 10.3 Å². The van der Waals surface area contributed by atoms with Crippen LogP contribution in [0.3, 0.4) is 0 Å². The van der Waals surface area contributed by atoms with Gasteiger partial charge in [-0.25, -0.2) is 4.98 Å². The SMILES string of the molecule is Cc1cccc(-c2[nH]cnc2-c2ccc3ncc(-c4ccc(CN5CC(C)NC(C)C5)nc4)cc3c2)n1. The standard InChI is InChI=1S/C30H31N7/c1-19-5-4-6-28(36-19)30-29(33-18-34-30)22-8-10-27-24(11-22)12-25(14-32-27)23-7-9-26(31-13-23)17-37-15-20(2)35-21(3)16-37/h4-14,18,20-21,35H,15-17H2,1-3H3,(H,33,34). The van der Waals surface area contributed by atoms with Crippen molar-refractivity contribution in [2.45, 2.75) is 39.4 Å². The van der Waals surface area contributed by atoms with Gasteiger partial charge in [0.15, 0.2) is 0 Å². The van der Waals surface area contributed by atoms with Crippen molar-refractivity contribution in [2.75, 3.05) is 13.1 Å². The number of nitrogens with one attached hydrogen (secondary N) is 2. The van der Waals surface area contributed by atoms with Gasteiger partial charge in [-0.05, 0) is 57.2 Å². The molecule has 2 N–H and O–H groups in total. The van der Waals surface area contributed by atoms with E-state index in [0.717, 1.165) is 75.7 Å². The first-order chi connectivity index (χ1) is 18.0. The van der Waals surface area contributed by atoms with Gasteiger partial charge in [-0.15, -0.1) is 0 Å². The molecule has 1 saturated heterocycles. The van der Waals surface area contributed by atoms with E-state index in [1.165, 1.54) is 0 Å². The van der Waals surface area contributed by atoms with Crippen molar-refractivity contribution < 1.29 is 0 Å². The summed E-state index contributed by atoms with van der Waals surface area (Å²) in [6, 6.07) is 19.8. The van der Waals surface area contributed by atoms with Crippen molar-refractivity contribution in [3.05, 3.63) is 84.7 Å². The van der Waals surface area contributed by atoms with Crippen LogP contribution in [0.5, 0.6) is 0 Å².